The molecule has 0 aliphatic heterocycles. The van der Waals surface area contributed by atoms with Gasteiger partial charge in [0.1, 0.15) is 11.2 Å². The molecule has 0 spiro atoms. The number of carbonyl (C=O) groups is 10. The molecule has 0 radical (unpaired) electrons. The molecule has 594 valence electrons. The van der Waals surface area contributed by atoms with E-state index in [0.29, 0.717) is 66.3 Å². The van der Waals surface area contributed by atoms with E-state index in [9.17, 15) is 63.3 Å². The van der Waals surface area contributed by atoms with Crippen LogP contribution < -0.4 is 0 Å². The van der Waals surface area contributed by atoms with Gasteiger partial charge >= 0.3 is 59.7 Å². The number of esters is 5. The maximum Gasteiger partial charge on any atom is 0.338 e. The second-order valence-corrected chi connectivity index (χ2v) is 28.9. The molecule has 8 aromatic rings. The van der Waals surface area contributed by atoms with Gasteiger partial charge in [-0.05, 0) is 234 Å². The molecule has 0 bridgehead atoms. The monoisotopic (exact) mass is 1540 g/mol. The lowest BCUT2D eigenvalue weighted by Gasteiger charge is -2.28. The van der Waals surface area contributed by atoms with E-state index in [2.05, 4.69) is 32.4 Å². The number of aliphatic carboxylic acids is 3. The minimum Gasteiger partial charge on any atom is -0.481 e. The molecule has 0 saturated heterocycles. The molecule has 8 rings (SSSR count). The van der Waals surface area contributed by atoms with Gasteiger partial charge in [0, 0.05) is 0 Å². The molecule has 0 heterocycles. The topological polar surface area (TPSA) is 318 Å². The summed E-state index contributed by atoms with van der Waals surface area (Å²) in [6.07, 6.45) is 11.2. The minimum absolute atomic E-state index is 0.0695. The summed E-state index contributed by atoms with van der Waals surface area (Å²) in [7, 11) is 3.84. The van der Waals surface area contributed by atoms with Crippen LogP contribution in [0.1, 0.15) is 157 Å². The largest absolute Gasteiger partial charge is 0.481 e. The van der Waals surface area contributed by atoms with Crippen LogP contribution in [-0.4, -0.2) is 118 Å². The van der Waals surface area contributed by atoms with Gasteiger partial charge in [-0.3, -0.25) is 28.8 Å². The van der Waals surface area contributed by atoms with Crippen LogP contribution in [0.15, 0.2) is 245 Å². The smallest absolute Gasteiger partial charge is 0.338 e. The lowest BCUT2D eigenvalue weighted by Crippen LogP contribution is -2.43. The van der Waals surface area contributed by atoms with Crippen LogP contribution in [0.25, 0.3) is 44.5 Å². The summed E-state index contributed by atoms with van der Waals surface area (Å²) in [4.78, 5) is 120. The fraction of sp³-hybridized carbons (Fsp3) is 0.290. The van der Waals surface area contributed by atoms with Crippen molar-refractivity contribution in [3.8, 4) is 44.5 Å². The van der Waals surface area contributed by atoms with E-state index in [4.69, 9.17) is 33.9 Å². The van der Waals surface area contributed by atoms with Crippen LogP contribution in [0.5, 0.6) is 0 Å². The van der Waals surface area contributed by atoms with E-state index in [0.717, 1.165) is 56.5 Å². The number of carboxylic acids is 5. The molecule has 8 aromatic carbocycles. The predicted octanol–water partition coefficient (Wildman–Crippen LogP) is 18.7. The van der Waals surface area contributed by atoms with Gasteiger partial charge in [-0.25, -0.2) is 19.2 Å². The van der Waals surface area contributed by atoms with Gasteiger partial charge in [0.25, 0.3) is 0 Å². The molecule has 0 aliphatic rings. The fourth-order valence-corrected chi connectivity index (χ4v) is 12.3. The van der Waals surface area contributed by atoms with Gasteiger partial charge in [0.15, 0.2) is 10.8 Å². The molecule has 0 aromatic heterocycles. The highest BCUT2D eigenvalue weighted by atomic mass is 16.6. The van der Waals surface area contributed by atoms with E-state index in [-0.39, 0.29) is 61.1 Å². The second-order valence-electron chi connectivity index (χ2n) is 28.9. The molecule has 2 atom stereocenters. The van der Waals surface area contributed by atoms with Gasteiger partial charge in [-0.2, -0.15) is 0 Å². The van der Waals surface area contributed by atoms with Crippen molar-refractivity contribution in [3.63, 3.8) is 0 Å². The molecular weight excluding hydrogens is 1440 g/mol. The number of allylic oxidation sites excluding steroid dienone is 4. The Hall–Kier alpha value is -12.6. The van der Waals surface area contributed by atoms with Crippen molar-refractivity contribution in [3.05, 3.63) is 289 Å². The van der Waals surface area contributed by atoms with Crippen molar-refractivity contribution in [1.82, 2.24) is 0 Å². The summed E-state index contributed by atoms with van der Waals surface area (Å²) in [5, 5.41) is 46.7. The van der Waals surface area contributed by atoms with Crippen LogP contribution in [0.3, 0.4) is 0 Å². The van der Waals surface area contributed by atoms with Gasteiger partial charge in [-0.1, -0.05) is 170 Å². The third kappa shape index (κ3) is 28.0. The van der Waals surface area contributed by atoms with Crippen LogP contribution in [0.4, 0.5) is 0 Å². The lowest BCUT2D eigenvalue weighted by atomic mass is 9.77. The van der Waals surface area contributed by atoms with Gasteiger partial charge in [0.2, 0.25) is 0 Å². The van der Waals surface area contributed by atoms with E-state index >= 15 is 0 Å². The minimum atomic E-state index is -1.95. The molecule has 2 unspecified atom stereocenters. The lowest BCUT2D eigenvalue weighted by molar-refractivity contribution is -0.170. The van der Waals surface area contributed by atoms with Crippen LogP contribution in [0, 0.1) is 22.7 Å². The number of benzene rings is 8. The molecular formula is C93H102O20. The summed E-state index contributed by atoms with van der Waals surface area (Å²) in [5.41, 5.74) is 6.68. The molecule has 20 heteroatoms. The maximum absolute atomic E-state index is 12.7. The number of aromatic carboxylic acids is 2. The van der Waals surface area contributed by atoms with Crippen molar-refractivity contribution in [2.24, 2.45) is 22.7 Å². The van der Waals surface area contributed by atoms with Gasteiger partial charge in [0.05, 0.1) is 55.4 Å². The van der Waals surface area contributed by atoms with Gasteiger partial charge in [-0.15, -0.1) is 26.3 Å². The predicted molar refractivity (Wildman–Crippen MR) is 435 cm³/mol. The Morgan fingerprint density at radius 1 is 0.354 bits per heavy atom. The third-order valence-corrected chi connectivity index (χ3v) is 18.1. The zero-order valence-electron chi connectivity index (χ0n) is 65.6. The Kier molecular flexibility index (Phi) is 35.2. The Bertz CT molecular complexity index is 4650. The van der Waals surface area contributed by atoms with Crippen LogP contribution in [0.2, 0.25) is 0 Å². The molecule has 0 fully saturated rings. The number of methoxy groups -OCH3 is 3. The normalized spacial score (nSPS) is 11.5. The van der Waals surface area contributed by atoms with Gasteiger partial charge < -0.3 is 49.2 Å². The van der Waals surface area contributed by atoms with Crippen molar-refractivity contribution >= 4 is 59.7 Å². The second kappa shape index (κ2) is 43.7. The van der Waals surface area contributed by atoms with E-state index in [1.807, 2.05) is 145 Å². The average Bonchev–Trinajstić information content (AvgIpc) is 0.797. The molecule has 0 saturated carbocycles. The van der Waals surface area contributed by atoms with Crippen LogP contribution >= 0.6 is 0 Å². The zero-order chi connectivity index (χ0) is 83.6. The first-order chi connectivity index (χ1) is 53.6. The van der Waals surface area contributed by atoms with E-state index < -0.39 is 75.7 Å². The standard InChI is InChI=1S/C28H36O4.C24H26O6.C21H20O6.C20H20O4/c1-8-9-13-23(25(29)31-27(2,3)4)18-20-12-10-14-21(17-20)22-15-11-16-24(19-22)26(30)32-28(5,6)7;1-5-6-13-24(22(26)29-3,23(27)30-4)16-17-9-7-10-18(14-17)19-11-8-12-20(15-19)21(25)28-2;1-2-3-10-21(19(24)25,20(26)27)13-14-6-4-7-15(11-14)16-8-5-9-17(12-16)18(22)23;1-2-3-7-17(19(21)22)12-14-6-4-8-15(11-14)16-9-5-10-18(13-16)20(23)24/h8,10-12,14-17,19,23H,1,9,13,18H2,2-7H3;5,7-12,14-15H,1,6,13,16H2,2-4H3;2,4-9,11-12H,1,3,10,13H2,(H,22,23)(H,24,25)(H,26,27);2,4-6,8-11,13,17H,1,3,7,12H2,(H,21,22)(H,23,24). The Balaban J connectivity index is 0.000000271. The first kappa shape index (κ1) is 91.0. The quantitative estimate of drug-likeness (QED) is 0.0108. The van der Waals surface area contributed by atoms with E-state index in [1.165, 1.54) is 39.5 Å². The summed E-state index contributed by atoms with van der Waals surface area (Å²) in [5.74, 6) is -8.55. The van der Waals surface area contributed by atoms with Crippen molar-refractivity contribution in [2.75, 3.05) is 21.3 Å². The van der Waals surface area contributed by atoms with Crippen LogP contribution in [-0.2, 0) is 78.1 Å². The number of hydrogen-bond acceptors (Lipinski definition) is 15. The highest BCUT2D eigenvalue weighted by Gasteiger charge is 2.48. The summed E-state index contributed by atoms with van der Waals surface area (Å²) < 4.78 is 25.8. The molecule has 20 nitrogen and oxygen atoms in total. The Labute approximate surface area is 661 Å². The molecule has 5 N–H and O–H groups in total. The number of hydrogen-bond donors (Lipinski definition) is 5. The first-order valence-electron chi connectivity index (χ1n) is 36.7. The Morgan fingerprint density at radius 2 is 0.655 bits per heavy atom. The zero-order valence-corrected chi connectivity index (χ0v) is 65.6. The van der Waals surface area contributed by atoms with E-state index in [1.54, 1.807) is 91.0 Å². The number of rotatable bonds is 34. The van der Waals surface area contributed by atoms with Crippen molar-refractivity contribution < 1.29 is 97.2 Å². The third-order valence-electron chi connectivity index (χ3n) is 18.1. The Morgan fingerprint density at radius 3 is 0.991 bits per heavy atom. The molecule has 113 heavy (non-hydrogen) atoms. The van der Waals surface area contributed by atoms with Crippen molar-refractivity contribution in [2.45, 2.75) is 130 Å². The SMILES string of the molecule is C=CCCC(Cc1cccc(-c2cccc(C(=O)O)c2)c1)(C(=O)O)C(=O)O.C=CCCC(Cc1cccc(-c2cccc(C(=O)O)c2)c1)C(=O)O.C=CCCC(Cc1cccc(-c2cccc(C(=O)OC(C)(C)C)c2)c1)C(=O)OC(C)(C)C.C=CCCC(Cc1cccc(-c2cccc(C(=O)OC)c2)c1)(C(=O)OC)C(=O)OC. The highest BCUT2D eigenvalue weighted by Crippen LogP contribution is 2.36. The number of carboxylic acid groups (broad SMARTS) is 5. The fourth-order valence-electron chi connectivity index (χ4n) is 12.3. The summed E-state index contributed by atoms with van der Waals surface area (Å²) in [6.45, 7) is 25.8. The maximum atomic E-state index is 12.7. The molecule has 0 amide bonds. The number of carbonyl (C=O) groups excluding carboxylic acids is 5. The summed E-state index contributed by atoms with van der Waals surface area (Å²) >= 11 is 0. The highest BCUT2D eigenvalue weighted by molar-refractivity contribution is 6.01. The van der Waals surface area contributed by atoms with Crippen molar-refractivity contribution in [1.29, 1.82) is 0 Å². The summed E-state index contributed by atoms with van der Waals surface area (Å²) in [6, 6.07) is 57.4. The number of ether oxygens (including phenoxy) is 5. The average molecular weight is 1540 g/mol. The first-order valence-corrected chi connectivity index (χ1v) is 36.7. The molecule has 0 aliphatic carbocycles.